The van der Waals surface area contributed by atoms with E-state index < -0.39 is 11.9 Å². The number of ether oxygens (including phenoxy) is 1. The van der Waals surface area contributed by atoms with E-state index >= 15 is 0 Å². The highest BCUT2D eigenvalue weighted by Crippen LogP contribution is 2.19. The van der Waals surface area contributed by atoms with Gasteiger partial charge < -0.3 is 15.2 Å². The first kappa shape index (κ1) is 16.0. The van der Waals surface area contributed by atoms with E-state index in [0.29, 0.717) is 0 Å². The van der Waals surface area contributed by atoms with Crippen molar-refractivity contribution in [2.45, 2.75) is 6.10 Å². The van der Waals surface area contributed by atoms with E-state index in [1.807, 2.05) is 22.6 Å². The number of para-hydroxylation sites is 1. The van der Waals surface area contributed by atoms with Crippen LogP contribution >= 0.6 is 22.6 Å². The van der Waals surface area contributed by atoms with E-state index in [0.717, 1.165) is 9.26 Å². The van der Waals surface area contributed by atoms with Gasteiger partial charge in [-0.05, 0) is 52.9 Å². The van der Waals surface area contributed by atoms with Crippen LogP contribution in [0.4, 0.5) is 14.5 Å². The summed E-state index contributed by atoms with van der Waals surface area (Å²) in [5.74, 6) is -0.674. The van der Waals surface area contributed by atoms with Gasteiger partial charge in [0.05, 0.1) is 0 Å². The van der Waals surface area contributed by atoms with Crippen molar-refractivity contribution >= 4 is 28.3 Å². The molecule has 2 rings (SSSR count). The Hall–Kier alpha value is -1.41. The first-order chi connectivity index (χ1) is 10.1. The second-order valence-electron chi connectivity index (χ2n) is 4.40. The summed E-state index contributed by atoms with van der Waals surface area (Å²) in [6, 6.07) is 10.3. The van der Waals surface area contributed by atoms with Crippen molar-refractivity contribution in [1.82, 2.24) is 0 Å². The molecule has 1 unspecified atom stereocenters. The molecule has 0 bridgehead atoms. The first-order valence-electron chi connectivity index (χ1n) is 6.30. The number of hydrogen-bond acceptors (Lipinski definition) is 3. The molecule has 2 aromatic rings. The largest absolute Gasteiger partial charge is 0.488 e. The fourth-order valence-corrected chi connectivity index (χ4v) is 2.34. The Morgan fingerprint density at radius 3 is 2.67 bits per heavy atom. The van der Waals surface area contributed by atoms with Crippen molar-refractivity contribution in [2.75, 3.05) is 18.5 Å². The minimum absolute atomic E-state index is 0.0360. The minimum Gasteiger partial charge on any atom is -0.488 e. The summed E-state index contributed by atoms with van der Waals surface area (Å²) < 4.78 is 32.2. The molecule has 0 spiro atoms. The lowest BCUT2D eigenvalue weighted by molar-refractivity contribution is 0.115. The van der Waals surface area contributed by atoms with Gasteiger partial charge in [-0.2, -0.15) is 0 Å². The molecule has 21 heavy (non-hydrogen) atoms. The summed E-state index contributed by atoms with van der Waals surface area (Å²) >= 11 is 2.00. The third-order valence-corrected chi connectivity index (χ3v) is 3.62. The van der Waals surface area contributed by atoms with Gasteiger partial charge in [0.1, 0.15) is 18.5 Å². The molecule has 1 atom stereocenters. The molecule has 112 valence electrons. The number of halogens is 3. The lowest BCUT2D eigenvalue weighted by Crippen LogP contribution is -2.26. The van der Waals surface area contributed by atoms with Gasteiger partial charge in [-0.3, -0.25) is 0 Å². The Bertz CT molecular complexity index is 610. The molecule has 0 saturated carbocycles. The van der Waals surface area contributed by atoms with E-state index in [-0.39, 0.29) is 24.7 Å². The van der Waals surface area contributed by atoms with Gasteiger partial charge in [0.2, 0.25) is 0 Å². The Labute approximate surface area is 135 Å². The van der Waals surface area contributed by atoms with Crippen LogP contribution in [0.15, 0.2) is 42.5 Å². The van der Waals surface area contributed by atoms with E-state index in [4.69, 9.17) is 4.74 Å². The summed E-state index contributed by atoms with van der Waals surface area (Å²) in [5, 5.41) is 12.8. The number of aliphatic hydroxyl groups is 1. The molecule has 0 amide bonds. The molecule has 0 radical (unpaired) electrons. The van der Waals surface area contributed by atoms with Crippen molar-refractivity contribution in [3.63, 3.8) is 0 Å². The van der Waals surface area contributed by atoms with Crippen LogP contribution in [0.2, 0.25) is 0 Å². The SMILES string of the molecule is OC(CNc1ccc(F)cc1I)COc1ccccc1F. The summed E-state index contributed by atoms with van der Waals surface area (Å²) in [5.41, 5.74) is 0.724. The van der Waals surface area contributed by atoms with E-state index in [1.54, 1.807) is 18.2 Å². The summed E-state index contributed by atoms with van der Waals surface area (Å²) in [4.78, 5) is 0. The Morgan fingerprint density at radius 1 is 1.19 bits per heavy atom. The van der Waals surface area contributed by atoms with Gasteiger partial charge in [0.25, 0.3) is 0 Å². The van der Waals surface area contributed by atoms with E-state index in [9.17, 15) is 13.9 Å². The van der Waals surface area contributed by atoms with Crippen molar-refractivity contribution < 1.29 is 18.6 Å². The third-order valence-electron chi connectivity index (χ3n) is 2.73. The highest BCUT2D eigenvalue weighted by atomic mass is 127. The van der Waals surface area contributed by atoms with Crippen LogP contribution in [0.25, 0.3) is 0 Å². The standard InChI is InChI=1S/C15H14F2INO2/c16-10-5-6-14(13(18)7-10)19-8-11(20)9-21-15-4-2-1-3-12(15)17/h1-7,11,19-20H,8-9H2. The zero-order chi connectivity index (χ0) is 15.2. The maximum Gasteiger partial charge on any atom is 0.165 e. The zero-order valence-corrected chi connectivity index (χ0v) is 13.2. The number of anilines is 1. The highest BCUT2D eigenvalue weighted by molar-refractivity contribution is 14.1. The van der Waals surface area contributed by atoms with Crippen LogP contribution in [-0.4, -0.2) is 24.4 Å². The maximum atomic E-state index is 13.3. The molecule has 0 heterocycles. The van der Waals surface area contributed by atoms with Crippen LogP contribution in [0.5, 0.6) is 5.75 Å². The molecular weight excluding hydrogens is 391 g/mol. The predicted octanol–water partition coefficient (Wildman–Crippen LogP) is 3.42. The fourth-order valence-electron chi connectivity index (χ4n) is 1.67. The molecule has 0 aliphatic heterocycles. The van der Waals surface area contributed by atoms with Gasteiger partial charge in [-0.1, -0.05) is 12.1 Å². The van der Waals surface area contributed by atoms with E-state index in [2.05, 4.69) is 5.32 Å². The van der Waals surface area contributed by atoms with Crippen LogP contribution in [0.3, 0.4) is 0 Å². The molecule has 0 aliphatic carbocycles. The molecule has 3 nitrogen and oxygen atoms in total. The lowest BCUT2D eigenvalue weighted by Gasteiger charge is -2.15. The molecule has 2 N–H and O–H groups in total. The van der Waals surface area contributed by atoms with Crippen LogP contribution < -0.4 is 10.1 Å². The molecule has 0 saturated heterocycles. The van der Waals surface area contributed by atoms with Gasteiger partial charge in [-0.15, -0.1) is 0 Å². The first-order valence-corrected chi connectivity index (χ1v) is 7.38. The average molecular weight is 405 g/mol. The average Bonchev–Trinajstić information content (AvgIpc) is 2.45. The van der Waals surface area contributed by atoms with Crippen LogP contribution in [0.1, 0.15) is 0 Å². The Morgan fingerprint density at radius 2 is 1.95 bits per heavy atom. The molecule has 0 aliphatic rings. The summed E-state index contributed by atoms with van der Waals surface area (Å²) in [6.45, 7) is 0.182. The Kier molecular flexibility index (Phi) is 5.75. The number of nitrogens with one attached hydrogen (secondary N) is 1. The monoisotopic (exact) mass is 405 g/mol. The molecular formula is C15H14F2INO2. The van der Waals surface area contributed by atoms with Crippen molar-refractivity contribution in [2.24, 2.45) is 0 Å². The Balaban J connectivity index is 1.82. The number of benzene rings is 2. The topological polar surface area (TPSA) is 41.5 Å². The number of rotatable bonds is 6. The van der Waals surface area contributed by atoms with Gasteiger partial charge in [-0.25, -0.2) is 8.78 Å². The van der Waals surface area contributed by atoms with Gasteiger partial charge >= 0.3 is 0 Å². The normalized spacial score (nSPS) is 12.0. The number of aliphatic hydroxyl groups excluding tert-OH is 1. The molecule has 6 heteroatoms. The smallest absolute Gasteiger partial charge is 0.165 e. The van der Waals surface area contributed by atoms with E-state index in [1.165, 1.54) is 24.3 Å². The zero-order valence-electron chi connectivity index (χ0n) is 11.0. The number of hydrogen-bond donors (Lipinski definition) is 2. The highest BCUT2D eigenvalue weighted by Gasteiger charge is 2.09. The summed E-state index contributed by atoms with van der Waals surface area (Å²) in [6.07, 6.45) is -0.814. The second-order valence-corrected chi connectivity index (χ2v) is 5.56. The minimum atomic E-state index is -0.814. The van der Waals surface area contributed by atoms with Crippen LogP contribution in [0, 0.1) is 15.2 Å². The summed E-state index contributed by atoms with van der Waals surface area (Å²) in [7, 11) is 0. The van der Waals surface area contributed by atoms with Gasteiger partial charge in [0.15, 0.2) is 11.6 Å². The van der Waals surface area contributed by atoms with Crippen molar-refractivity contribution in [1.29, 1.82) is 0 Å². The van der Waals surface area contributed by atoms with Crippen molar-refractivity contribution in [3.05, 3.63) is 57.7 Å². The maximum absolute atomic E-state index is 13.3. The lowest BCUT2D eigenvalue weighted by atomic mass is 10.3. The predicted molar refractivity (Wildman–Crippen MR) is 85.5 cm³/mol. The fraction of sp³-hybridized carbons (Fsp3) is 0.200. The molecule has 0 aromatic heterocycles. The van der Waals surface area contributed by atoms with Crippen molar-refractivity contribution in [3.8, 4) is 5.75 Å². The quantitative estimate of drug-likeness (QED) is 0.724. The third kappa shape index (κ3) is 4.82. The second kappa shape index (κ2) is 7.56. The van der Waals surface area contributed by atoms with Gasteiger partial charge in [0, 0.05) is 15.8 Å². The molecule has 2 aromatic carbocycles. The molecule has 0 fully saturated rings. The van der Waals surface area contributed by atoms with Crippen LogP contribution in [-0.2, 0) is 0 Å².